The number of methoxy groups -OCH3 is 1. The predicted molar refractivity (Wildman–Crippen MR) is 155 cm³/mol. The number of carbonyl (C=O) groups excluding carboxylic acids is 1. The van der Waals surface area contributed by atoms with Crippen molar-refractivity contribution in [3.63, 3.8) is 0 Å². The second-order valence-electron chi connectivity index (χ2n) is 10.9. The highest BCUT2D eigenvalue weighted by atomic mass is 16.6. The lowest BCUT2D eigenvalue weighted by Crippen LogP contribution is -2.49. The Morgan fingerprint density at radius 2 is 1.71 bits per heavy atom. The lowest BCUT2D eigenvalue weighted by atomic mass is 9.97. The number of piperidine rings is 1. The fourth-order valence-corrected chi connectivity index (χ4v) is 6.01. The zero-order valence-corrected chi connectivity index (χ0v) is 23.3. The number of hydrogen-bond acceptors (Lipinski definition) is 7. The molecule has 2 saturated heterocycles. The van der Waals surface area contributed by atoms with Crippen molar-refractivity contribution in [1.82, 2.24) is 14.0 Å². The van der Waals surface area contributed by atoms with Gasteiger partial charge in [0, 0.05) is 13.0 Å². The number of fused-ring (bicyclic) bond motifs is 2. The molecule has 2 aliphatic heterocycles. The maximum absolute atomic E-state index is 13.8. The lowest BCUT2D eigenvalue weighted by Gasteiger charge is -2.35. The van der Waals surface area contributed by atoms with Gasteiger partial charge in [0.1, 0.15) is 12.4 Å². The summed E-state index contributed by atoms with van der Waals surface area (Å²) in [5, 5.41) is 12.0. The van der Waals surface area contributed by atoms with E-state index in [0.29, 0.717) is 36.0 Å². The number of ether oxygens (including phenoxy) is 3. The van der Waals surface area contributed by atoms with Crippen LogP contribution in [-0.4, -0.2) is 56.8 Å². The van der Waals surface area contributed by atoms with Crippen LogP contribution in [0.3, 0.4) is 0 Å². The highest BCUT2D eigenvalue weighted by Crippen LogP contribution is 2.38. The minimum absolute atomic E-state index is 0.0509. The van der Waals surface area contributed by atoms with Gasteiger partial charge in [-0.25, -0.2) is 9.59 Å². The molecule has 2 fully saturated rings. The number of aliphatic hydroxyl groups is 1. The summed E-state index contributed by atoms with van der Waals surface area (Å²) in [5.41, 5.74) is 1.16. The average molecular weight is 572 g/mol. The normalized spacial score (nSPS) is 21.7. The Morgan fingerprint density at radius 1 is 0.976 bits per heavy atom. The van der Waals surface area contributed by atoms with Crippen molar-refractivity contribution in [3.8, 4) is 5.75 Å². The quantitative estimate of drug-likeness (QED) is 0.361. The molecule has 10 nitrogen and oxygen atoms in total. The lowest BCUT2D eigenvalue weighted by molar-refractivity contribution is -0.203. The molecule has 42 heavy (non-hydrogen) atoms. The molecule has 6 rings (SSSR count). The monoisotopic (exact) mass is 571 g/mol. The number of nitrogens with zero attached hydrogens (tertiary/aromatic N) is 3. The van der Waals surface area contributed by atoms with Crippen molar-refractivity contribution in [2.75, 3.05) is 13.7 Å². The van der Waals surface area contributed by atoms with E-state index in [2.05, 4.69) is 0 Å². The number of para-hydroxylation sites is 1. The first-order chi connectivity index (χ1) is 20.3. The summed E-state index contributed by atoms with van der Waals surface area (Å²) in [6, 6.07) is 23.2. The van der Waals surface area contributed by atoms with Crippen molar-refractivity contribution in [2.45, 2.75) is 56.9 Å². The maximum Gasteiger partial charge on any atom is 0.410 e. The highest BCUT2D eigenvalue weighted by molar-refractivity contribution is 5.78. The van der Waals surface area contributed by atoms with Gasteiger partial charge in [-0.15, -0.1) is 0 Å². The number of likely N-dealkylation sites (tertiary alicyclic amines) is 1. The summed E-state index contributed by atoms with van der Waals surface area (Å²) in [7, 11) is 1.59. The molecule has 1 N–H and O–H groups in total. The molecule has 10 heteroatoms. The van der Waals surface area contributed by atoms with Crippen molar-refractivity contribution >= 4 is 17.0 Å². The van der Waals surface area contributed by atoms with Gasteiger partial charge in [-0.1, -0.05) is 54.6 Å². The minimum atomic E-state index is -1.82. The highest BCUT2D eigenvalue weighted by Gasteiger charge is 2.51. The number of rotatable bonds is 7. The largest absolute Gasteiger partial charge is 0.497 e. The van der Waals surface area contributed by atoms with Gasteiger partial charge in [0.05, 0.1) is 43.2 Å². The summed E-state index contributed by atoms with van der Waals surface area (Å²) in [5.74, 6) is -1.12. The van der Waals surface area contributed by atoms with E-state index in [9.17, 15) is 19.5 Å². The molecule has 1 unspecified atom stereocenters. The molecule has 1 aromatic heterocycles. The van der Waals surface area contributed by atoms with E-state index >= 15 is 0 Å². The van der Waals surface area contributed by atoms with Crippen LogP contribution in [-0.2, 0) is 29.2 Å². The van der Waals surface area contributed by atoms with Gasteiger partial charge in [0.2, 0.25) is 0 Å². The van der Waals surface area contributed by atoms with Crippen molar-refractivity contribution < 1.29 is 24.1 Å². The second kappa shape index (κ2) is 11.5. The van der Waals surface area contributed by atoms with Crippen LogP contribution in [0.25, 0.3) is 10.9 Å². The SMILES string of the molecule is COc1ccc(Cn2c(=O)n(CC3(O)C[C@H]4[C@H](CCCN4C(=O)OCc4ccccc4)O3)c(=O)c3ccccc32)cc1. The molecule has 0 aliphatic carbocycles. The maximum atomic E-state index is 13.8. The van der Waals surface area contributed by atoms with Crippen LogP contribution in [0, 0.1) is 0 Å². The smallest absolute Gasteiger partial charge is 0.410 e. The molecule has 2 aliphatic rings. The van der Waals surface area contributed by atoms with Crippen LogP contribution >= 0.6 is 0 Å². The number of benzene rings is 3. The molecule has 0 saturated carbocycles. The zero-order valence-electron chi connectivity index (χ0n) is 23.3. The molecule has 0 radical (unpaired) electrons. The molecular formula is C32H33N3O7. The number of carbonyl (C=O) groups is 1. The van der Waals surface area contributed by atoms with Crippen molar-refractivity contribution in [1.29, 1.82) is 0 Å². The molecule has 218 valence electrons. The van der Waals surface area contributed by atoms with Gasteiger partial charge in [0.25, 0.3) is 5.56 Å². The fraction of sp³-hybridized carbons (Fsp3) is 0.344. The topological polar surface area (TPSA) is 112 Å². The Hall–Kier alpha value is -4.41. The molecule has 0 bridgehead atoms. The standard InChI is InChI=1S/C32H33N3O7/c1-40-24-15-13-22(14-16-24)19-34-26-11-6-5-10-25(26)29(36)35(30(34)37)21-32(39)18-27-28(42-32)12-7-17-33(27)31(38)41-20-23-8-3-2-4-9-23/h2-6,8-11,13-16,27-28,39H,7,12,17-21H2,1H3/t27-,28-,32?/m0/s1. The minimum Gasteiger partial charge on any atom is -0.497 e. The Morgan fingerprint density at radius 3 is 2.48 bits per heavy atom. The third-order valence-electron chi connectivity index (χ3n) is 8.09. The van der Waals surface area contributed by atoms with E-state index < -0.39 is 35.3 Å². The van der Waals surface area contributed by atoms with E-state index in [1.165, 1.54) is 4.57 Å². The molecule has 1 amide bonds. The van der Waals surface area contributed by atoms with Crippen LogP contribution in [0.1, 0.15) is 30.4 Å². The Balaban J connectivity index is 1.26. The van der Waals surface area contributed by atoms with E-state index in [4.69, 9.17) is 14.2 Å². The third kappa shape index (κ3) is 5.43. The predicted octanol–water partition coefficient (Wildman–Crippen LogP) is 3.50. The van der Waals surface area contributed by atoms with Crippen LogP contribution in [0.5, 0.6) is 5.75 Å². The van der Waals surface area contributed by atoms with E-state index in [1.54, 1.807) is 36.3 Å². The van der Waals surface area contributed by atoms with Gasteiger partial charge in [-0.3, -0.25) is 13.9 Å². The third-order valence-corrected chi connectivity index (χ3v) is 8.09. The molecule has 0 spiro atoms. The first-order valence-electron chi connectivity index (χ1n) is 14.1. The summed E-state index contributed by atoms with van der Waals surface area (Å²) >= 11 is 0. The number of hydrogen-bond donors (Lipinski definition) is 1. The second-order valence-corrected chi connectivity index (χ2v) is 10.9. The Kier molecular flexibility index (Phi) is 7.57. The summed E-state index contributed by atoms with van der Waals surface area (Å²) in [6.07, 6.45) is 0.457. The molecule has 4 aromatic rings. The van der Waals surface area contributed by atoms with Crippen LogP contribution in [0.4, 0.5) is 4.79 Å². The first-order valence-corrected chi connectivity index (χ1v) is 14.1. The van der Waals surface area contributed by atoms with E-state index in [-0.39, 0.29) is 26.1 Å². The van der Waals surface area contributed by atoms with Gasteiger partial charge in [-0.05, 0) is 48.2 Å². The van der Waals surface area contributed by atoms with Gasteiger partial charge >= 0.3 is 11.8 Å². The molecule has 3 aromatic carbocycles. The number of aromatic nitrogens is 2. The summed E-state index contributed by atoms with van der Waals surface area (Å²) < 4.78 is 19.5. The Labute approximate surface area is 242 Å². The van der Waals surface area contributed by atoms with Crippen molar-refractivity contribution in [3.05, 3.63) is 111 Å². The fourth-order valence-electron chi connectivity index (χ4n) is 6.01. The average Bonchev–Trinajstić information content (AvgIpc) is 3.37. The molecule has 3 heterocycles. The van der Waals surface area contributed by atoms with Crippen LogP contribution < -0.4 is 16.0 Å². The number of amides is 1. The van der Waals surface area contributed by atoms with Gasteiger partial charge < -0.3 is 24.2 Å². The van der Waals surface area contributed by atoms with Crippen molar-refractivity contribution in [2.24, 2.45) is 0 Å². The van der Waals surface area contributed by atoms with Gasteiger partial charge in [-0.2, -0.15) is 0 Å². The Bertz CT molecular complexity index is 1700. The molecule has 3 atom stereocenters. The van der Waals surface area contributed by atoms with Crippen LogP contribution in [0.2, 0.25) is 0 Å². The van der Waals surface area contributed by atoms with E-state index in [1.807, 2.05) is 54.6 Å². The summed E-state index contributed by atoms with van der Waals surface area (Å²) in [6.45, 7) is 0.463. The first kappa shape index (κ1) is 27.7. The zero-order chi connectivity index (χ0) is 29.3. The van der Waals surface area contributed by atoms with E-state index in [0.717, 1.165) is 15.7 Å². The summed E-state index contributed by atoms with van der Waals surface area (Å²) in [4.78, 5) is 42.0. The van der Waals surface area contributed by atoms with Crippen LogP contribution in [0.15, 0.2) is 88.5 Å². The molecular weight excluding hydrogens is 538 g/mol. The van der Waals surface area contributed by atoms with Gasteiger partial charge in [0.15, 0.2) is 5.79 Å².